The first-order chi connectivity index (χ1) is 9.13. The van der Waals surface area contributed by atoms with Crippen LogP contribution in [0.5, 0.6) is 0 Å². The quantitative estimate of drug-likeness (QED) is 0.777. The third-order valence-corrected chi connectivity index (χ3v) is 4.33. The molecule has 1 aliphatic rings. The van der Waals surface area contributed by atoms with Crippen molar-refractivity contribution in [2.24, 2.45) is 0 Å². The van der Waals surface area contributed by atoms with Gasteiger partial charge in [0.1, 0.15) is 0 Å². The molecule has 0 saturated carbocycles. The van der Waals surface area contributed by atoms with Crippen molar-refractivity contribution in [2.45, 2.75) is 64.5 Å². The lowest BCUT2D eigenvalue weighted by atomic mass is 9.90. The van der Waals surface area contributed by atoms with Gasteiger partial charge >= 0.3 is 0 Å². The lowest BCUT2D eigenvalue weighted by Crippen LogP contribution is -2.45. The molecule has 1 aliphatic heterocycles. The Kier molecular flexibility index (Phi) is 4.99. The predicted molar refractivity (Wildman–Crippen MR) is 77.3 cm³/mol. The number of nitrogens with zero attached hydrogens (tertiary/aromatic N) is 1. The van der Waals surface area contributed by atoms with Gasteiger partial charge < -0.3 is 10.1 Å². The zero-order valence-electron chi connectivity index (χ0n) is 12.5. The minimum Gasteiger partial charge on any atom is -0.375 e. The first kappa shape index (κ1) is 14.5. The summed E-state index contributed by atoms with van der Waals surface area (Å²) >= 11 is 0. The number of rotatable bonds is 6. The van der Waals surface area contributed by atoms with E-state index in [4.69, 9.17) is 4.74 Å². The van der Waals surface area contributed by atoms with Crippen molar-refractivity contribution >= 4 is 0 Å². The van der Waals surface area contributed by atoms with Crippen LogP contribution in [-0.2, 0) is 11.2 Å². The molecular weight excluding hydrogens is 238 g/mol. The molecule has 0 radical (unpaired) electrons. The monoisotopic (exact) mass is 265 g/mol. The summed E-state index contributed by atoms with van der Waals surface area (Å²) < 4.78 is 5.87. The Bertz CT molecular complexity index is 390. The zero-order chi connectivity index (χ0) is 13.7. The molecule has 2 N–H and O–H groups in total. The minimum absolute atomic E-state index is 0.0804. The number of aromatic amines is 1. The van der Waals surface area contributed by atoms with Crippen molar-refractivity contribution in [3.05, 3.63) is 17.5 Å². The number of nitrogens with one attached hydrogen (secondary N) is 2. The van der Waals surface area contributed by atoms with Crippen LogP contribution in [-0.4, -0.2) is 35.0 Å². The first-order valence-corrected chi connectivity index (χ1v) is 7.49. The van der Waals surface area contributed by atoms with Gasteiger partial charge in [-0.1, -0.05) is 6.92 Å². The SMILES string of the molecule is CCC1(C)CC(NCCCc2cn[nH]c2C)CCO1. The van der Waals surface area contributed by atoms with Gasteiger partial charge in [0, 0.05) is 18.3 Å². The largest absolute Gasteiger partial charge is 0.375 e. The van der Waals surface area contributed by atoms with E-state index in [0.29, 0.717) is 6.04 Å². The van der Waals surface area contributed by atoms with E-state index < -0.39 is 0 Å². The van der Waals surface area contributed by atoms with E-state index in [1.807, 2.05) is 6.20 Å². The molecule has 108 valence electrons. The van der Waals surface area contributed by atoms with Crippen molar-refractivity contribution < 1.29 is 4.74 Å². The topological polar surface area (TPSA) is 49.9 Å². The maximum Gasteiger partial charge on any atom is 0.0666 e. The highest BCUT2D eigenvalue weighted by molar-refractivity contribution is 5.14. The second-order valence-electron chi connectivity index (χ2n) is 5.92. The average Bonchev–Trinajstić information content (AvgIpc) is 2.81. The first-order valence-electron chi connectivity index (χ1n) is 7.49. The Morgan fingerprint density at radius 1 is 1.58 bits per heavy atom. The van der Waals surface area contributed by atoms with Gasteiger partial charge in [-0.25, -0.2) is 0 Å². The highest BCUT2D eigenvalue weighted by Gasteiger charge is 2.31. The maximum absolute atomic E-state index is 5.87. The lowest BCUT2D eigenvalue weighted by molar-refractivity contribution is -0.0778. The van der Waals surface area contributed by atoms with Gasteiger partial charge in [0.15, 0.2) is 0 Å². The van der Waals surface area contributed by atoms with Crippen LogP contribution in [0, 0.1) is 6.92 Å². The molecule has 2 rings (SSSR count). The summed E-state index contributed by atoms with van der Waals surface area (Å²) in [5.74, 6) is 0. The fourth-order valence-corrected chi connectivity index (χ4v) is 2.76. The summed E-state index contributed by atoms with van der Waals surface area (Å²) in [5.41, 5.74) is 2.62. The van der Waals surface area contributed by atoms with Crippen LogP contribution in [0.4, 0.5) is 0 Å². The molecule has 0 bridgehead atoms. The smallest absolute Gasteiger partial charge is 0.0666 e. The van der Waals surface area contributed by atoms with Gasteiger partial charge in [-0.15, -0.1) is 0 Å². The van der Waals surface area contributed by atoms with Crippen molar-refractivity contribution in [1.82, 2.24) is 15.5 Å². The molecule has 1 fully saturated rings. The summed E-state index contributed by atoms with van der Waals surface area (Å²) in [6, 6.07) is 0.615. The molecule has 1 saturated heterocycles. The molecule has 1 aromatic rings. The lowest BCUT2D eigenvalue weighted by Gasteiger charge is -2.38. The van der Waals surface area contributed by atoms with Crippen molar-refractivity contribution in [1.29, 1.82) is 0 Å². The predicted octanol–water partition coefficient (Wildman–Crippen LogP) is 2.59. The van der Waals surface area contributed by atoms with Gasteiger partial charge in [0.2, 0.25) is 0 Å². The van der Waals surface area contributed by atoms with Crippen LogP contribution in [0.3, 0.4) is 0 Å². The number of hydrogen-bond donors (Lipinski definition) is 2. The van der Waals surface area contributed by atoms with Gasteiger partial charge in [-0.2, -0.15) is 5.10 Å². The Balaban J connectivity index is 1.67. The van der Waals surface area contributed by atoms with Crippen LogP contribution in [0.1, 0.15) is 50.8 Å². The second kappa shape index (κ2) is 6.53. The van der Waals surface area contributed by atoms with Gasteiger partial charge in [-0.3, -0.25) is 5.10 Å². The van der Waals surface area contributed by atoms with Crippen molar-refractivity contribution in [3.8, 4) is 0 Å². The summed E-state index contributed by atoms with van der Waals surface area (Å²) in [7, 11) is 0. The van der Waals surface area contributed by atoms with Gasteiger partial charge in [0.05, 0.1) is 11.8 Å². The average molecular weight is 265 g/mol. The van der Waals surface area contributed by atoms with Gasteiger partial charge in [-0.05, 0) is 58.1 Å². The van der Waals surface area contributed by atoms with Crippen molar-refractivity contribution in [3.63, 3.8) is 0 Å². The van der Waals surface area contributed by atoms with E-state index in [2.05, 4.69) is 36.3 Å². The fraction of sp³-hybridized carbons (Fsp3) is 0.800. The van der Waals surface area contributed by atoms with Crippen LogP contribution in [0.15, 0.2) is 6.20 Å². The molecule has 2 heterocycles. The van der Waals surface area contributed by atoms with E-state index in [-0.39, 0.29) is 5.60 Å². The van der Waals surface area contributed by atoms with E-state index in [1.165, 1.54) is 17.7 Å². The normalized spacial score (nSPS) is 27.6. The molecule has 2 atom stereocenters. The molecule has 19 heavy (non-hydrogen) atoms. The standard InChI is InChI=1S/C15H27N3O/c1-4-15(3)10-14(7-9-19-15)16-8-5-6-13-11-17-18-12(13)2/h11,14,16H,4-10H2,1-3H3,(H,17,18). The summed E-state index contributed by atoms with van der Waals surface area (Å²) in [5, 5.41) is 10.7. The molecule has 0 aromatic carbocycles. The number of H-pyrrole nitrogens is 1. The fourth-order valence-electron chi connectivity index (χ4n) is 2.76. The van der Waals surface area contributed by atoms with Crippen LogP contribution in [0.25, 0.3) is 0 Å². The summed E-state index contributed by atoms with van der Waals surface area (Å²) in [6.45, 7) is 8.50. The van der Waals surface area contributed by atoms with E-state index >= 15 is 0 Å². The molecule has 4 heteroatoms. The Hall–Kier alpha value is -0.870. The van der Waals surface area contributed by atoms with Crippen LogP contribution >= 0.6 is 0 Å². The maximum atomic E-state index is 5.87. The molecular formula is C15H27N3O. The van der Waals surface area contributed by atoms with Gasteiger partial charge in [0.25, 0.3) is 0 Å². The molecule has 0 amide bonds. The third-order valence-electron chi connectivity index (χ3n) is 4.33. The second-order valence-corrected chi connectivity index (χ2v) is 5.92. The van der Waals surface area contributed by atoms with E-state index in [1.54, 1.807) is 0 Å². The number of hydrogen-bond acceptors (Lipinski definition) is 3. The zero-order valence-corrected chi connectivity index (χ0v) is 12.5. The Labute approximate surface area is 116 Å². The molecule has 0 aliphatic carbocycles. The number of aryl methyl sites for hydroxylation is 2. The van der Waals surface area contributed by atoms with Crippen molar-refractivity contribution in [2.75, 3.05) is 13.2 Å². The molecule has 0 spiro atoms. The highest BCUT2D eigenvalue weighted by atomic mass is 16.5. The minimum atomic E-state index is 0.0804. The van der Waals surface area contributed by atoms with E-state index in [9.17, 15) is 0 Å². The Morgan fingerprint density at radius 3 is 3.11 bits per heavy atom. The van der Waals surface area contributed by atoms with Crippen LogP contribution < -0.4 is 5.32 Å². The highest BCUT2D eigenvalue weighted by Crippen LogP contribution is 2.27. The summed E-state index contributed by atoms with van der Waals surface area (Å²) in [4.78, 5) is 0. The number of ether oxygens (including phenoxy) is 1. The Morgan fingerprint density at radius 2 is 2.42 bits per heavy atom. The van der Waals surface area contributed by atoms with Crippen LogP contribution in [0.2, 0.25) is 0 Å². The molecule has 4 nitrogen and oxygen atoms in total. The molecule has 2 unspecified atom stereocenters. The van der Waals surface area contributed by atoms with E-state index in [0.717, 1.165) is 38.8 Å². The number of aromatic nitrogens is 2. The summed E-state index contributed by atoms with van der Waals surface area (Å²) in [6.07, 6.45) is 7.58. The third kappa shape index (κ3) is 4.05. The molecule has 1 aromatic heterocycles.